The van der Waals surface area contributed by atoms with Gasteiger partial charge in [0, 0.05) is 29.5 Å². The van der Waals surface area contributed by atoms with Crippen molar-refractivity contribution in [3.8, 4) is 0 Å². The molecule has 1 aromatic carbocycles. The van der Waals surface area contributed by atoms with Crippen LogP contribution in [0.15, 0.2) is 36.5 Å². The van der Waals surface area contributed by atoms with E-state index in [0.717, 1.165) is 18.0 Å². The van der Waals surface area contributed by atoms with Crippen molar-refractivity contribution < 1.29 is 0 Å². The minimum atomic E-state index is 0.679. The second-order valence-corrected chi connectivity index (χ2v) is 6.73. The second kappa shape index (κ2) is 5.59. The Labute approximate surface area is 123 Å². The number of para-hydroxylation sites is 1. The number of piperidine rings is 1. The van der Waals surface area contributed by atoms with Crippen LogP contribution in [0.25, 0.3) is 10.9 Å². The van der Waals surface area contributed by atoms with Gasteiger partial charge in [-0.1, -0.05) is 41.1 Å². The van der Waals surface area contributed by atoms with Gasteiger partial charge in [-0.25, -0.2) is 0 Å². The monoisotopic (exact) mass is 318 g/mol. The molecule has 3 rings (SSSR count). The summed E-state index contributed by atoms with van der Waals surface area (Å²) in [4.78, 5) is 7.76. The van der Waals surface area contributed by atoms with Crippen LogP contribution in [0.3, 0.4) is 0 Å². The molecule has 2 unspecified atom stereocenters. The van der Waals surface area contributed by atoms with E-state index in [4.69, 9.17) is 0 Å². The lowest BCUT2D eigenvalue weighted by atomic mass is 9.99. The third-order valence-electron chi connectivity index (χ3n) is 3.94. The highest BCUT2D eigenvalue weighted by Crippen LogP contribution is 2.24. The fourth-order valence-corrected chi connectivity index (χ4v) is 3.18. The van der Waals surface area contributed by atoms with E-state index in [2.05, 4.69) is 57.0 Å². The third-order valence-corrected chi connectivity index (χ3v) is 5.30. The highest BCUT2D eigenvalue weighted by Gasteiger charge is 2.23. The van der Waals surface area contributed by atoms with Crippen molar-refractivity contribution in [2.75, 3.05) is 13.1 Å². The molecule has 0 amide bonds. The van der Waals surface area contributed by atoms with Crippen LogP contribution in [0, 0.1) is 5.92 Å². The maximum absolute atomic E-state index is 4.54. The first-order valence-electron chi connectivity index (χ1n) is 6.92. The Morgan fingerprint density at radius 1 is 1.37 bits per heavy atom. The van der Waals surface area contributed by atoms with Crippen molar-refractivity contribution in [3.63, 3.8) is 0 Å². The zero-order valence-corrected chi connectivity index (χ0v) is 12.8. The van der Waals surface area contributed by atoms with Gasteiger partial charge in [0.2, 0.25) is 0 Å². The molecule has 1 aliphatic heterocycles. The Morgan fingerprint density at radius 2 is 2.21 bits per heavy atom. The maximum atomic E-state index is 4.54. The molecule has 0 spiro atoms. The standard InChI is InChI=1S/C16H19BrN2/c1-12-10-19(7-6-15(12)17)11-13-8-14-4-2-3-5-16(14)18-9-13/h2-5,8-9,12,15H,6-7,10-11H2,1H3. The van der Waals surface area contributed by atoms with Crippen molar-refractivity contribution in [1.82, 2.24) is 9.88 Å². The quantitative estimate of drug-likeness (QED) is 0.782. The molecular formula is C16H19BrN2. The fraction of sp³-hybridized carbons (Fsp3) is 0.438. The second-order valence-electron chi connectivity index (χ2n) is 5.55. The van der Waals surface area contributed by atoms with E-state index < -0.39 is 0 Å². The summed E-state index contributed by atoms with van der Waals surface area (Å²) >= 11 is 3.76. The molecule has 1 aromatic heterocycles. The molecule has 2 atom stereocenters. The number of likely N-dealkylation sites (tertiary alicyclic amines) is 1. The first-order valence-corrected chi connectivity index (χ1v) is 7.84. The number of rotatable bonds is 2. The van der Waals surface area contributed by atoms with Crippen molar-refractivity contribution >= 4 is 26.8 Å². The highest BCUT2D eigenvalue weighted by atomic mass is 79.9. The average Bonchev–Trinajstić information content (AvgIpc) is 2.43. The molecule has 0 aliphatic carbocycles. The van der Waals surface area contributed by atoms with Gasteiger partial charge < -0.3 is 0 Å². The fourth-order valence-electron chi connectivity index (χ4n) is 2.81. The first kappa shape index (κ1) is 13.1. The van der Waals surface area contributed by atoms with E-state index in [9.17, 15) is 0 Å². The van der Waals surface area contributed by atoms with Gasteiger partial charge in [0.25, 0.3) is 0 Å². The van der Waals surface area contributed by atoms with Crippen LogP contribution < -0.4 is 0 Å². The van der Waals surface area contributed by atoms with Crippen molar-refractivity contribution in [2.45, 2.75) is 24.7 Å². The van der Waals surface area contributed by atoms with E-state index in [1.165, 1.54) is 30.5 Å². The summed E-state index contributed by atoms with van der Waals surface area (Å²) in [6.45, 7) is 5.68. The molecular weight excluding hydrogens is 300 g/mol. The van der Waals surface area contributed by atoms with E-state index in [1.54, 1.807) is 0 Å². The summed E-state index contributed by atoms with van der Waals surface area (Å²) in [5, 5.41) is 1.24. The van der Waals surface area contributed by atoms with Gasteiger partial charge in [-0.15, -0.1) is 0 Å². The largest absolute Gasteiger partial charge is 0.299 e. The van der Waals surface area contributed by atoms with E-state index in [1.807, 2.05) is 12.3 Å². The molecule has 1 aliphatic rings. The molecule has 1 saturated heterocycles. The van der Waals surface area contributed by atoms with Crippen LogP contribution in [0.1, 0.15) is 18.9 Å². The zero-order valence-electron chi connectivity index (χ0n) is 11.2. The Kier molecular flexibility index (Phi) is 3.85. The molecule has 0 N–H and O–H groups in total. The minimum absolute atomic E-state index is 0.679. The third kappa shape index (κ3) is 2.98. The number of halogens is 1. The average molecular weight is 319 g/mol. The lowest BCUT2D eigenvalue weighted by Gasteiger charge is -2.34. The molecule has 19 heavy (non-hydrogen) atoms. The Balaban J connectivity index is 1.74. The smallest absolute Gasteiger partial charge is 0.0702 e. The molecule has 0 saturated carbocycles. The van der Waals surface area contributed by atoms with Crippen LogP contribution in [0.5, 0.6) is 0 Å². The number of hydrogen-bond donors (Lipinski definition) is 0. The summed E-state index contributed by atoms with van der Waals surface area (Å²) in [5.41, 5.74) is 2.40. The van der Waals surface area contributed by atoms with Crippen molar-refractivity contribution in [3.05, 3.63) is 42.1 Å². The van der Waals surface area contributed by atoms with Gasteiger partial charge in [-0.05, 0) is 36.6 Å². The molecule has 0 bridgehead atoms. The number of alkyl halides is 1. The minimum Gasteiger partial charge on any atom is -0.299 e. The topological polar surface area (TPSA) is 16.1 Å². The maximum Gasteiger partial charge on any atom is 0.0702 e. The lowest BCUT2D eigenvalue weighted by molar-refractivity contribution is 0.183. The summed E-state index contributed by atoms with van der Waals surface area (Å²) in [5.74, 6) is 0.724. The van der Waals surface area contributed by atoms with Gasteiger partial charge in [-0.2, -0.15) is 0 Å². The summed E-state index contributed by atoms with van der Waals surface area (Å²) < 4.78 is 0. The Morgan fingerprint density at radius 3 is 3.05 bits per heavy atom. The van der Waals surface area contributed by atoms with Gasteiger partial charge in [0.1, 0.15) is 0 Å². The summed E-state index contributed by atoms with van der Waals surface area (Å²) in [7, 11) is 0. The van der Waals surface area contributed by atoms with Gasteiger partial charge in [-0.3, -0.25) is 9.88 Å². The molecule has 100 valence electrons. The highest BCUT2D eigenvalue weighted by molar-refractivity contribution is 9.09. The van der Waals surface area contributed by atoms with Gasteiger partial charge in [0.05, 0.1) is 5.52 Å². The van der Waals surface area contributed by atoms with E-state index in [0.29, 0.717) is 4.83 Å². The van der Waals surface area contributed by atoms with Crippen LogP contribution >= 0.6 is 15.9 Å². The van der Waals surface area contributed by atoms with Crippen LogP contribution in [0.2, 0.25) is 0 Å². The van der Waals surface area contributed by atoms with Crippen molar-refractivity contribution in [2.24, 2.45) is 5.92 Å². The number of nitrogens with zero attached hydrogens (tertiary/aromatic N) is 2. The van der Waals surface area contributed by atoms with Crippen molar-refractivity contribution in [1.29, 1.82) is 0 Å². The summed E-state index contributed by atoms with van der Waals surface area (Å²) in [6.07, 6.45) is 3.26. The number of aromatic nitrogens is 1. The predicted octanol–water partition coefficient (Wildman–Crippen LogP) is 3.84. The number of hydrogen-bond acceptors (Lipinski definition) is 2. The predicted molar refractivity (Wildman–Crippen MR) is 83.5 cm³/mol. The van der Waals surface area contributed by atoms with E-state index in [-0.39, 0.29) is 0 Å². The first-order chi connectivity index (χ1) is 9.22. The molecule has 3 heteroatoms. The van der Waals surface area contributed by atoms with Gasteiger partial charge in [0.15, 0.2) is 0 Å². The van der Waals surface area contributed by atoms with Crippen LogP contribution in [0.4, 0.5) is 0 Å². The van der Waals surface area contributed by atoms with Gasteiger partial charge >= 0.3 is 0 Å². The number of pyridine rings is 1. The normalized spacial score (nSPS) is 24.7. The van der Waals surface area contributed by atoms with Crippen LogP contribution in [-0.4, -0.2) is 27.8 Å². The molecule has 2 heterocycles. The number of fused-ring (bicyclic) bond motifs is 1. The Bertz CT molecular complexity index is 569. The summed E-state index contributed by atoms with van der Waals surface area (Å²) in [6, 6.07) is 10.6. The molecule has 1 fully saturated rings. The molecule has 2 nitrogen and oxygen atoms in total. The molecule has 2 aromatic rings. The van der Waals surface area contributed by atoms with Crippen LogP contribution in [-0.2, 0) is 6.54 Å². The lowest BCUT2D eigenvalue weighted by Crippen LogP contribution is -2.39. The number of benzene rings is 1. The Hall–Kier alpha value is -0.930. The van der Waals surface area contributed by atoms with E-state index >= 15 is 0 Å². The SMILES string of the molecule is CC1CN(Cc2cnc3ccccc3c2)CCC1Br. The zero-order chi connectivity index (χ0) is 13.2. The molecule has 0 radical (unpaired) electrons.